The molecule has 18 aromatic rings. The largest absolute Gasteiger partial charge is 0.309 e. The maximum atomic E-state index is 2.56. The topological polar surface area (TPSA) is 11.4 Å². The second kappa shape index (κ2) is 18.1. The molecule has 18 rings (SSSR count). The summed E-state index contributed by atoms with van der Waals surface area (Å²) in [6.45, 7) is 0. The van der Waals surface area contributed by atoms with Gasteiger partial charge in [0.05, 0.1) is 43.2 Å². The van der Waals surface area contributed by atoms with Crippen LogP contribution >= 0.6 is 22.7 Å². The molecule has 0 spiro atoms. The Balaban J connectivity index is 0.980. The van der Waals surface area contributed by atoms with E-state index in [1.54, 1.807) is 0 Å². The number of hydrogen-bond donors (Lipinski definition) is 0. The molecule has 3 heterocycles. The van der Waals surface area contributed by atoms with Crippen LogP contribution in [0.5, 0.6) is 0 Å². The standard InChI is InChI=1S/C78H47N3S2/c1-4-26-52(27-5-1)79(67-44-50-24-12-16-34-57(50)75-73-55-32-14-10-22-48(55)40-42-69(73)82-77(67)75)63-46-65-71(61-38-20-18-36-59(61)63)72-62-39-21-19-37-60(62)64(47-66(72)81(65)54-30-8-3-9-31-54)80(53-28-6-2-7-29-53)68-45-51-25-13-17-35-58(51)76-74-56-33-15-11-23-49(56)41-43-70(74)83-78(68)76/h1-47H. The highest BCUT2D eigenvalue weighted by Gasteiger charge is 2.29. The van der Waals surface area contributed by atoms with Crippen LogP contribution in [0.3, 0.4) is 0 Å². The number of para-hydroxylation sites is 3. The minimum Gasteiger partial charge on any atom is -0.309 e. The summed E-state index contributed by atoms with van der Waals surface area (Å²) in [5.74, 6) is 0. The van der Waals surface area contributed by atoms with Crippen molar-refractivity contribution in [1.82, 2.24) is 4.57 Å². The summed E-state index contributed by atoms with van der Waals surface area (Å²) in [7, 11) is 0. The SMILES string of the molecule is c1ccc(N(c2cc3c(c4ccccc24)c2c4ccccc4c(N(c4ccccc4)c4cc5ccccc5c5c4sc4ccc6ccccc6c45)cc2n3-c2ccccc2)c2cc3ccccc3c3c2sc2ccc4ccccc4c23)cc1. The predicted octanol–water partition coefficient (Wildman–Crippen LogP) is 23.4. The number of aromatic nitrogens is 1. The van der Waals surface area contributed by atoms with E-state index in [9.17, 15) is 0 Å². The summed E-state index contributed by atoms with van der Waals surface area (Å²) in [6.07, 6.45) is 0. The van der Waals surface area contributed by atoms with Crippen LogP contribution in [0, 0.1) is 0 Å². The Labute approximate surface area is 485 Å². The Bertz CT molecular complexity index is 5370. The van der Waals surface area contributed by atoms with Crippen LogP contribution in [-0.2, 0) is 0 Å². The van der Waals surface area contributed by atoms with Crippen LogP contribution in [-0.4, -0.2) is 4.57 Å². The normalized spacial score (nSPS) is 12.1. The molecule has 3 aromatic heterocycles. The van der Waals surface area contributed by atoms with Gasteiger partial charge in [0.2, 0.25) is 0 Å². The third-order valence-electron chi connectivity index (χ3n) is 17.4. The quantitative estimate of drug-likeness (QED) is 0.158. The predicted molar refractivity (Wildman–Crippen MR) is 361 cm³/mol. The van der Waals surface area contributed by atoms with Crippen LogP contribution in [0.15, 0.2) is 285 Å². The van der Waals surface area contributed by atoms with E-state index in [0.717, 1.165) is 50.8 Å². The minimum atomic E-state index is 1.10. The first-order chi connectivity index (χ1) is 41.2. The molecular weight excluding hydrogens is 1040 g/mol. The van der Waals surface area contributed by atoms with Crippen molar-refractivity contribution < 1.29 is 0 Å². The van der Waals surface area contributed by atoms with Crippen molar-refractivity contribution in [2.75, 3.05) is 9.80 Å². The lowest BCUT2D eigenvalue weighted by atomic mass is 9.95. The fraction of sp³-hybridized carbons (Fsp3) is 0. The third-order valence-corrected chi connectivity index (χ3v) is 19.8. The summed E-state index contributed by atoms with van der Waals surface area (Å²) in [5, 5.41) is 22.5. The minimum absolute atomic E-state index is 1.10. The Morgan fingerprint density at radius 3 is 1.00 bits per heavy atom. The monoisotopic (exact) mass is 1090 g/mol. The summed E-state index contributed by atoms with van der Waals surface area (Å²) < 4.78 is 7.64. The van der Waals surface area contributed by atoms with Gasteiger partial charge in [0.25, 0.3) is 0 Å². The van der Waals surface area contributed by atoms with Gasteiger partial charge in [-0.2, -0.15) is 0 Å². The number of benzene rings is 15. The molecule has 386 valence electrons. The van der Waals surface area contributed by atoms with Crippen LogP contribution in [0.1, 0.15) is 0 Å². The summed E-state index contributed by atoms with van der Waals surface area (Å²) in [6, 6.07) is 106. The average Bonchev–Trinajstić information content (AvgIpc) is 1.92. The van der Waals surface area contributed by atoms with E-state index in [4.69, 9.17) is 0 Å². The molecule has 5 heteroatoms. The fourth-order valence-electron chi connectivity index (χ4n) is 14.0. The van der Waals surface area contributed by atoms with E-state index in [1.165, 1.54) is 116 Å². The summed E-state index contributed by atoms with van der Waals surface area (Å²) >= 11 is 3.80. The molecule has 0 bridgehead atoms. The first-order valence-corrected chi connectivity index (χ1v) is 30.0. The van der Waals surface area contributed by atoms with Crippen LogP contribution in [0.25, 0.3) is 132 Å². The Kier molecular flexibility index (Phi) is 10.1. The first-order valence-electron chi connectivity index (χ1n) is 28.4. The second-order valence-electron chi connectivity index (χ2n) is 21.8. The van der Waals surface area contributed by atoms with Crippen molar-refractivity contribution in [2.24, 2.45) is 0 Å². The highest BCUT2D eigenvalue weighted by atomic mass is 32.1. The van der Waals surface area contributed by atoms with Crippen molar-refractivity contribution in [3.05, 3.63) is 285 Å². The molecule has 83 heavy (non-hydrogen) atoms. The van der Waals surface area contributed by atoms with Gasteiger partial charge in [0.1, 0.15) is 0 Å². The van der Waals surface area contributed by atoms with E-state index < -0.39 is 0 Å². The van der Waals surface area contributed by atoms with E-state index in [0.29, 0.717) is 0 Å². The second-order valence-corrected chi connectivity index (χ2v) is 24.0. The Morgan fingerprint density at radius 2 is 0.578 bits per heavy atom. The number of hydrogen-bond acceptors (Lipinski definition) is 4. The molecule has 0 unspecified atom stereocenters. The van der Waals surface area contributed by atoms with Gasteiger partial charge in [-0.15, -0.1) is 22.7 Å². The van der Waals surface area contributed by atoms with Crippen molar-refractivity contribution in [1.29, 1.82) is 0 Å². The van der Waals surface area contributed by atoms with Crippen LogP contribution in [0.4, 0.5) is 34.1 Å². The fourth-order valence-corrected chi connectivity index (χ4v) is 16.4. The lowest BCUT2D eigenvalue weighted by Crippen LogP contribution is -2.11. The highest BCUT2D eigenvalue weighted by molar-refractivity contribution is 7.27. The third kappa shape index (κ3) is 6.84. The van der Waals surface area contributed by atoms with Gasteiger partial charge in [-0.1, -0.05) is 212 Å². The Morgan fingerprint density at radius 1 is 0.241 bits per heavy atom. The maximum Gasteiger partial charge on any atom is 0.0647 e. The summed E-state index contributed by atoms with van der Waals surface area (Å²) in [5.41, 5.74) is 10.1. The molecule has 0 aliphatic heterocycles. The van der Waals surface area contributed by atoms with Gasteiger partial charge in [-0.3, -0.25) is 0 Å². The van der Waals surface area contributed by atoms with E-state index >= 15 is 0 Å². The molecule has 0 saturated carbocycles. The number of fused-ring (bicyclic) bond motifs is 21. The van der Waals surface area contributed by atoms with Crippen LogP contribution in [0.2, 0.25) is 0 Å². The maximum absolute atomic E-state index is 2.56. The van der Waals surface area contributed by atoms with Crippen molar-refractivity contribution in [3.8, 4) is 5.69 Å². The molecule has 3 nitrogen and oxygen atoms in total. The zero-order valence-corrected chi connectivity index (χ0v) is 46.4. The first kappa shape index (κ1) is 46.5. The molecule has 0 N–H and O–H groups in total. The zero-order valence-electron chi connectivity index (χ0n) is 44.8. The van der Waals surface area contributed by atoms with Gasteiger partial charge in [-0.25, -0.2) is 0 Å². The summed E-state index contributed by atoms with van der Waals surface area (Å²) in [4.78, 5) is 5.11. The number of anilines is 6. The van der Waals surface area contributed by atoms with Gasteiger partial charge in [0.15, 0.2) is 0 Å². The molecule has 0 radical (unpaired) electrons. The lowest BCUT2D eigenvalue weighted by molar-refractivity contribution is 1.18. The van der Waals surface area contributed by atoms with Gasteiger partial charge in [0, 0.05) is 69.6 Å². The lowest BCUT2D eigenvalue weighted by Gasteiger charge is -2.28. The zero-order chi connectivity index (χ0) is 54.3. The molecule has 0 saturated heterocycles. The molecule has 0 atom stereocenters. The molecular formula is C78H47N3S2. The molecule has 0 fully saturated rings. The molecule has 0 aliphatic carbocycles. The van der Waals surface area contributed by atoms with E-state index in [-0.39, 0.29) is 0 Å². The smallest absolute Gasteiger partial charge is 0.0647 e. The van der Waals surface area contributed by atoms with Crippen molar-refractivity contribution >= 4 is 184 Å². The Hall–Kier alpha value is -10.3. The molecule has 15 aromatic carbocycles. The molecule has 0 aliphatic rings. The van der Waals surface area contributed by atoms with E-state index in [2.05, 4.69) is 299 Å². The van der Waals surface area contributed by atoms with Gasteiger partial charge < -0.3 is 14.4 Å². The van der Waals surface area contributed by atoms with Gasteiger partial charge in [-0.05, 0) is 127 Å². The highest BCUT2D eigenvalue weighted by Crippen LogP contribution is 2.55. The van der Waals surface area contributed by atoms with Crippen LogP contribution < -0.4 is 9.80 Å². The number of thiophene rings is 2. The number of rotatable bonds is 7. The van der Waals surface area contributed by atoms with Crippen molar-refractivity contribution in [3.63, 3.8) is 0 Å². The van der Waals surface area contributed by atoms with Gasteiger partial charge >= 0.3 is 0 Å². The number of nitrogens with zero attached hydrogens (tertiary/aromatic N) is 3. The average molecular weight is 1090 g/mol. The molecule has 0 amide bonds. The van der Waals surface area contributed by atoms with Crippen molar-refractivity contribution in [2.45, 2.75) is 0 Å². The van der Waals surface area contributed by atoms with E-state index in [1.807, 2.05) is 22.7 Å².